The molecule has 0 aliphatic heterocycles. The van der Waals surface area contributed by atoms with E-state index in [0.29, 0.717) is 16.2 Å². The molecule has 0 saturated carbocycles. The van der Waals surface area contributed by atoms with E-state index in [4.69, 9.17) is 0 Å². The van der Waals surface area contributed by atoms with Crippen LogP contribution in [0, 0.1) is 13.8 Å². The molecule has 0 aliphatic rings. The van der Waals surface area contributed by atoms with Crippen LogP contribution >= 0.6 is 11.8 Å². The summed E-state index contributed by atoms with van der Waals surface area (Å²) in [6.45, 7) is 3.83. The highest BCUT2D eigenvalue weighted by Gasteiger charge is 2.09. The van der Waals surface area contributed by atoms with Gasteiger partial charge < -0.3 is 10.3 Å². The molecule has 0 bridgehead atoms. The minimum Gasteiger partial charge on any atom is -0.353 e. The first-order chi connectivity index (χ1) is 11.0. The second kappa shape index (κ2) is 6.29. The van der Waals surface area contributed by atoms with Crippen LogP contribution in [-0.2, 0) is 4.79 Å². The number of thioether (sulfide) groups is 1. The number of amides is 1. The fourth-order valence-electron chi connectivity index (χ4n) is 2.25. The Morgan fingerprint density at radius 1 is 1.26 bits per heavy atom. The molecule has 0 spiro atoms. The number of nitrogens with zero attached hydrogens (tertiary/aromatic N) is 1. The van der Waals surface area contributed by atoms with Crippen molar-refractivity contribution in [3.63, 3.8) is 0 Å². The molecule has 6 nitrogen and oxygen atoms in total. The lowest BCUT2D eigenvalue weighted by Gasteiger charge is -2.05. The number of carbonyl (C=O) groups excluding carboxylic acids is 1. The highest BCUT2D eigenvalue weighted by molar-refractivity contribution is 7.99. The summed E-state index contributed by atoms with van der Waals surface area (Å²) in [6.07, 6.45) is 0. The third kappa shape index (κ3) is 3.62. The topological polar surface area (TPSA) is 90.6 Å². The Kier molecular flexibility index (Phi) is 4.20. The van der Waals surface area contributed by atoms with Crippen molar-refractivity contribution in [1.82, 2.24) is 15.0 Å². The lowest BCUT2D eigenvalue weighted by atomic mass is 10.2. The van der Waals surface area contributed by atoms with Gasteiger partial charge in [0.15, 0.2) is 5.16 Å². The molecule has 7 heteroatoms. The first kappa shape index (κ1) is 15.4. The molecule has 0 radical (unpaired) electrons. The van der Waals surface area contributed by atoms with Crippen LogP contribution in [0.5, 0.6) is 0 Å². The van der Waals surface area contributed by atoms with Gasteiger partial charge in [-0.3, -0.25) is 14.6 Å². The number of aromatic nitrogens is 3. The Bertz CT molecular complexity index is 929. The van der Waals surface area contributed by atoms with Gasteiger partial charge in [-0.05, 0) is 37.6 Å². The molecule has 2 heterocycles. The summed E-state index contributed by atoms with van der Waals surface area (Å²) in [5.41, 5.74) is 3.54. The molecule has 2 aromatic heterocycles. The quantitative estimate of drug-likeness (QED) is 0.507. The Morgan fingerprint density at radius 2 is 2.09 bits per heavy atom. The fourth-order valence-corrected chi connectivity index (χ4v) is 2.92. The van der Waals surface area contributed by atoms with E-state index in [9.17, 15) is 9.59 Å². The van der Waals surface area contributed by atoms with Gasteiger partial charge >= 0.3 is 0 Å². The monoisotopic (exact) mass is 328 g/mol. The Morgan fingerprint density at radius 3 is 2.87 bits per heavy atom. The molecule has 0 fully saturated rings. The number of hydrogen-bond donors (Lipinski definition) is 3. The van der Waals surface area contributed by atoms with Crippen molar-refractivity contribution in [2.24, 2.45) is 0 Å². The van der Waals surface area contributed by atoms with Crippen molar-refractivity contribution in [1.29, 1.82) is 0 Å². The molecular weight excluding hydrogens is 312 g/mol. The summed E-state index contributed by atoms with van der Waals surface area (Å²) in [7, 11) is 0. The highest BCUT2D eigenvalue weighted by atomic mass is 32.2. The van der Waals surface area contributed by atoms with Crippen LogP contribution in [0.15, 0.2) is 40.3 Å². The van der Waals surface area contributed by atoms with Crippen LogP contribution in [0.1, 0.15) is 11.3 Å². The average Bonchev–Trinajstić information content (AvgIpc) is 2.86. The Labute approximate surface area is 136 Å². The van der Waals surface area contributed by atoms with Crippen LogP contribution < -0.4 is 10.9 Å². The smallest absolute Gasteiger partial charge is 0.275 e. The van der Waals surface area contributed by atoms with Gasteiger partial charge in [0.2, 0.25) is 5.91 Å². The van der Waals surface area contributed by atoms with Gasteiger partial charge in [-0.25, -0.2) is 4.98 Å². The van der Waals surface area contributed by atoms with E-state index in [1.165, 1.54) is 11.8 Å². The Hall–Kier alpha value is -2.54. The van der Waals surface area contributed by atoms with Gasteiger partial charge in [0.25, 0.3) is 5.56 Å². The molecule has 3 N–H and O–H groups in total. The van der Waals surface area contributed by atoms with E-state index < -0.39 is 0 Å². The van der Waals surface area contributed by atoms with E-state index in [0.717, 1.165) is 16.9 Å². The molecule has 0 aliphatic carbocycles. The average molecular weight is 328 g/mol. The second-order valence-corrected chi connectivity index (χ2v) is 6.25. The summed E-state index contributed by atoms with van der Waals surface area (Å²) in [4.78, 5) is 33.9. The van der Waals surface area contributed by atoms with E-state index in [2.05, 4.69) is 20.3 Å². The summed E-state index contributed by atoms with van der Waals surface area (Å²) >= 11 is 1.20. The standard InChI is InChI=1S/C16H16N4O2S/c1-9-4-3-5-11(6-9)18-13(21)8-23-16-19-12-7-10(2)17-14(12)15(22)20-16/h3-7,17H,8H2,1-2H3,(H,18,21)(H,19,20,22). The number of aryl methyl sites for hydroxylation is 2. The van der Waals surface area contributed by atoms with Crippen molar-refractivity contribution in [3.8, 4) is 0 Å². The number of anilines is 1. The first-order valence-corrected chi connectivity index (χ1v) is 8.09. The maximum absolute atomic E-state index is 12.0. The zero-order chi connectivity index (χ0) is 16.4. The molecule has 3 aromatic rings. The van der Waals surface area contributed by atoms with Crippen molar-refractivity contribution in [3.05, 3.63) is 51.9 Å². The highest BCUT2D eigenvalue weighted by Crippen LogP contribution is 2.16. The van der Waals surface area contributed by atoms with E-state index in [-0.39, 0.29) is 17.2 Å². The van der Waals surface area contributed by atoms with Crippen LogP contribution in [0.4, 0.5) is 5.69 Å². The third-order valence-electron chi connectivity index (χ3n) is 3.24. The molecular formula is C16H16N4O2S. The minimum absolute atomic E-state index is 0.145. The van der Waals surface area contributed by atoms with Crippen molar-refractivity contribution in [2.45, 2.75) is 19.0 Å². The number of fused-ring (bicyclic) bond motifs is 1. The number of H-pyrrole nitrogens is 2. The fraction of sp³-hybridized carbons (Fsp3) is 0.188. The molecule has 0 atom stereocenters. The number of aromatic amines is 2. The lowest BCUT2D eigenvalue weighted by Crippen LogP contribution is -2.15. The molecule has 0 unspecified atom stereocenters. The minimum atomic E-state index is -0.232. The van der Waals surface area contributed by atoms with Gasteiger partial charge in [0.05, 0.1) is 11.3 Å². The molecule has 0 saturated heterocycles. The zero-order valence-corrected chi connectivity index (χ0v) is 13.6. The van der Waals surface area contributed by atoms with Crippen LogP contribution in [0.25, 0.3) is 11.0 Å². The summed E-state index contributed by atoms with van der Waals surface area (Å²) < 4.78 is 0. The maximum atomic E-state index is 12.0. The number of rotatable bonds is 4. The first-order valence-electron chi connectivity index (χ1n) is 7.10. The van der Waals surface area contributed by atoms with Crippen LogP contribution in [0.3, 0.4) is 0 Å². The third-order valence-corrected chi connectivity index (χ3v) is 4.12. The van der Waals surface area contributed by atoms with Gasteiger partial charge in [0.1, 0.15) is 5.52 Å². The largest absolute Gasteiger partial charge is 0.353 e. The maximum Gasteiger partial charge on any atom is 0.275 e. The number of nitrogens with one attached hydrogen (secondary N) is 3. The van der Waals surface area contributed by atoms with E-state index in [1.807, 2.05) is 38.1 Å². The molecule has 3 rings (SSSR count). The number of hydrogen-bond acceptors (Lipinski definition) is 4. The normalized spacial score (nSPS) is 10.9. The molecule has 23 heavy (non-hydrogen) atoms. The number of carbonyl (C=O) groups is 1. The lowest BCUT2D eigenvalue weighted by molar-refractivity contribution is -0.113. The van der Waals surface area contributed by atoms with Crippen molar-refractivity contribution in [2.75, 3.05) is 11.1 Å². The predicted octanol–water partition coefficient (Wildman–Crippen LogP) is 2.60. The van der Waals surface area contributed by atoms with Crippen LogP contribution in [-0.4, -0.2) is 26.6 Å². The second-order valence-electron chi connectivity index (χ2n) is 5.29. The van der Waals surface area contributed by atoms with Gasteiger partial charge in [-0.1, -0.05) is 23.9 Å². The molecule has 1 amide bonds. The molecule has 118 valence electrons. The molecule has 1 aromatic carbocycles. The van der Waals surface area contributed by atoms with E-state index >= 15 is 0 Å². The summed E-state index contributed by atoms with van der Waals surface area (Å²) in [6, 6.07) is 9.40. The van der Waals surface area contributed by atoms with Crippen molar-refractivity contribution >= 4 is 34.4 Å². The number of benzene rings is 1. The van der Waals surface area contributed by atoms with Gasteiger partial charge in [-0.15, -0.1) is 0 Å². The SMILES string of the molecule is Cc1cccc(NC(=O)CSc2nc3cc(C)[nH]c3c(=O)[nH]2)c1. The summed E-state index contributed by atoms with van der Waals surface area (Å²) in [5, 5.41) is 3.25. The van der Waals surface area contributed by atoms with Gasteiger partial charge in [0, 0.05) is 11.4 Å². The Balaban J connectivity index is 1.68. The van der Waals surface area contributed by atoms with E-state index in [1.54, 1.807) is 6.07 Å². The van der Waals surface area contributed by atoms with Crippen LogP contribution in [0.2, 0.25) is 0 Å². The van der Waals surface area contributed by atoms with Crippen molar-refractivity contribution < 1.29 is 4.79 Å². The summed E-state index contributed by atoms with van der Waals surface area (Å²) in [5.74, 6) is 0.0276. The van der Waals surface area contributed by atoms with Gasteiger partial charge in [-0.2, -0.15) is 0 Å². The predicted molar refractivity (Wildman–Crippen MR) is 92.0 cm³/mol. The zero-order valence-electron chi connectivity index (χ0n) is 12.8.